The Labute approximate surface area is 115 Å². The first kappa shape index (κ1) is 13.8. The summed E-state index contributed by atoms with van der Waals surface area (Å²) in [6, 6.07) is 9.90. The van der Waals surface area contributed by atoms with Gasteiger partial charge < -0.3 is 4.74 Å². The van der Waals surface area contributed by atoms with E-state index < -0.39 is 11.6 Å². The van der Waals surface area contributed by atoms with Crippen LogP contribution in [0.3, 0.4) is 0 Å². The Morgan fingerprint density at radius 3 is 2.32 bits per heavy atom. The van der Waals surface area contributed by atoms with Crippen LogP contribution < -0.4 is 4.74 Å². The van der Waals surface area contributed by atoms with Crippen molar-refractivity contribution in [3.05, 3.63) is 64.7 Å². The Morgan fingerprint density at radius 1 is 1.11 bits per heavy atom. The molecule has 0 spiro atoms. The molecular weight excluding hydrogens is 270 g/mol. The van der Waals surface area contributed by atoms with Crippen molar-refractivity contribution in [1.82, 2.24) is 0 Å². The molecule has 0 saturated heterocycles. The van der Waals surface area contributed by atoms with Crippen LogP contribution in [-0.4, -0.2) is 0 Å². The number of aryl methyl sites for hydroxylation is 1. The van der Waals surface area contributed by atoms with Gasteiger partial charge in [0, 0.05) is 5.88 Å². The molecule has 0 saturated carbocycles. The Morgan fingerprint density at radius 2 is 1.74 bits per heavy atom. The van der Waals surface area contributed by atoms with E-state index in [2.05, 4.69) is 0 Å². The van der Waals surface area contributed by atoms with Crippen molar-refractivity contribution in [2.24, 2.45) is 0 Å². The number of hydrogen-bond acceptors (Lipinski definition) is 1. The lowest BCUT2D eigenvalue weighted by Gasteiger charge is -2.11. The van der Waals surface area contributed by atoms with Gasteiger partial charge in [-0.2, -0.15) is 0 Å². The number of ether oxygens (including phenoxy) is 1. The van der Waals surface area contributed by atoms with Gasteiger partial charge in [0.2, 0.25) is 0 Å². The summed E-state index contributed by atoms with van der Waals surface area (Å²) in [5, 5.41) is 0. The molecule has 0 heterocycles. The second kappa shape index (κ2) is 6.02. The lowest BCUT2D eigenvalue weighted by atomic mass is 10.1. The molecule has 2 aromatic rings. The lowest BCUT2D eigenvalue weighted by molar-refractivity contribution is 0.273. The Hall–Kier alpha value is -1.61. The number of hydrogen-bond donors (Lipinski definition) is 0. The van der Waals surface area contributed by atoms with E-state index in [-0.39, 0.29) is 18.2 Å². The molecular formula is C15H13ClF2O. The molecule has 0 fully saturated rings. The second-order valence-electron chi connectivity index (χ2n) is 4.24. The van der Waals surface area contributed by atoms with Gasteiger partial charge in [-0.15, -0.1) is 11.6 Å². The van der Waals surface area contributed by atoms with Crippen molar-refractivity contribution in [3.8, 4) is 5.75 Å². The van der Waals surface area contributed by atoms with Crippen LogP contribution in [-0.2, 0) is 12.5 Å². The van der Waals surface area contributed by atoms with Gasteiger partial charge in [-0.25, -0.2) is 8.78 Å². The van der Waals surface area contributed by atoms with Crippen LogP contribution in [0, 0.1) is 18.6 Å². The van der Waals surface area contributed by atoms with Gasteiger partial charge in [0.05, 0.1) is 0 Å². The van der Waals surface area contributed by atoms with Crippen LogP contribution in [0.15, 0.2) is 36.4 Å². The highest BCUT2D eigenvalue weighted by Crippen LogP contribution is 2.25. The van der Waals surface area contributed by atoms with E-state index in [1.807, 2.05) is 31.2 Å². The summed E-state index contributed by atoms with van der Waals surface area (Å²) in [4.78, 5) is 0. The van der Waals surface area contributed by atoms with Crippen LogP contribution in [0.5, 0.6) is 5.75 Å². The third-order valence-electron chi connectivity index (χ3n) is 2.85. The van der Waals surface area contributed by atoms with Crippen LogP contribution in [0.4, 0.5) is 8.78 Å². The molecule has 4 heteroatoms. The van der Waals surface area contributed by atoms with Crippen molar-refractivity contribution in [2.75, 3.05) is 0 Å². The average molecular weight is 283 g/mol. The van der Waals surface area contributed by atoms with Crippen molar-refractivity contribution in [2.45, 2.75) is 19.4 Å². The highest BCUT2D eigenvalue weighted by molar-refractivity contribution is 6.17. The third-order valence-corrected chi connectivity index (χ3v) is 3.15. The molecule has 19 heavy (non-hydrogen) atoms. The predicted octanol–water partition coefficient (Wildman–Crippen LogP) is 4.59. The fourth-order valence-electron chi connectivity index (χ4n) is 1.75. The van der Waals surface area contributed by atoms with Crippen molar-refractivity contribution >= 4 is 11.6 Å². The highest BCUT2D eigenvalue weighted by atomic mass is 35.5. The summed E-state index contributed by atoms with van der Waals surface area (Å²) < 4.78 is 32.6. The topological polar surface area (TPSA) is 9.23 Å². The fourth-order valence-corrected chi connectivity index (χ4v) is 1.90. The molecule has 0 radical (unpaired) electrons. The van der Waals surface area contributed by atoms with Gasteiger partial charge in [0.1, 0.15) is 6.61 Å². The molecule has 0 unspecified atom stereocenters. The third kappa shape index (κ3) is 3.24. The zero-order valence-corrected chi connectivity index (χ0v) is 11.2. The monoisotopic (exact) mass is 282 g/mol. The molecule has 0 aliphatic carbocycles. The van der Waals surface area contributed by atoms with Crippen LogP contribution in [0.1, 0.15) is 16.7 Å². The first-order valence-electron chi connectivity index (χ1n) is 5.83. The Balaban J connectivity index is 2.18. The second-order valence-corrected chi connectivity index (χ2v) is 4.50. The largest absolute Gasteiger partial charge is 0.483 e. The number of benzene rings is 2. The zero-order valence-electron chi connectivity index (χ0n) is 10.4. The van der Waals surface area contributed by atoms with Gasteiger partial charge in [-0.1, -0.05) is 24.3 Å². The normalized spacial score (nSPS) is 10.5. The van der Waals surface area contributed by atoms with Gasteiger partial charge in [0.25, 0.3) is 0 Å². The van der Waals surface area contributed by atoms with Crippen LogP contribution in [0.25, 0.3) is 0 Å². The van der Waals surface area contributed by atoms with Crippen molar-refractivity contribution < 1.29 is 13.5 Å². The predicted molar refractivity (Wildman–Crippen MR) is 71.4 cm³/mol. The molecule has 0 amide bonds. The van der Waals surface area contributed by atoms with Gasteiger partial charge >= 0.3 is 0 Å². The summed E-state index contributed by atoms with van der Waals surface area (Å²) in [7, 11) is 0. The maximum Gasteiger partial charge on any atom is 0.191 e. The summed E-state index contributed by atoms with van der Waals surface area (Å²) in [5.41, 5.74) is 2.29. The summed E-state index contributed by atoms with van der Waals surface area (Å²) >= 11 is 5.54. The smallest absolute Gasteiger partial charge is 0.191 e. The summed E-state index contributed by atoms with van der Waals surface area (Å²) in [5.74, 6) is -1.77. The van der Waals surface area contributed by atoms with Crippen molar-refractivity contribution in [1.29, 1.82) is 0 Å². The van der Waals surface area contributed by atoms with E-state index in [4.69, 9.17) is 16.3 Å². The zero-order chi connectivity index (χ0) is 13.8. The molecule has 0 atom stereocenters. The number of halogens is 3. The fraction of sp³-hybridized carbons (Fsp3) is 0.200. The van der Waals surface area contributed by atoms with Gasteiger partial charge in [-0.05, 0) is 35.7 Å². The molecule has 0 aromatic heterocycles. The Bertz CT molecular complexity index is 561. The molecule has 2 rings (SSSR count). The number of alkyl halides is 1. The molecule has 2 aromatic carbocycles. The van der Waals surface area contributed by atoms with E-state index in [1.54, 1.807) is 0 Å². The average Bonchev–Trinajstić information content (AvgIpc) is 2.39. The minimum Gasteiger partial charge on any atom is -0.483 e. The van der Waals surface area contributed by atoms with Crippen molar-refractivity contribution in [3.63, 3.8) is 0 Å². The summed E-state index contributed by atoms with van der Waals surface area (Å²) in [6.45, 7) is 2.04. The minimum atomic E-state index is -0.732. The van der Waals surface area contributed by atoms with E-state index in [0.29, 0.717) is 5.56 Å². The SMILES string of the molecule is Cc1ccccc1COc1c(F)cc(CCl)cc1F. The standard InChI is InChI=1S/C15H13ClF2O/c1-10-4-2-3-5-12(10)9-19-15-13(17)6-11(8-16)7-14(15)18/h2-7H,8-9H2,1H3. The van der Waals surface area contributed by atoms with E-state index >= 15 is 0 Å². The van der Waals surface area contributed by atoms with E-state index in [0.717, 1.165) is 11.1 Å². The van der Waals surface area contributed by atoms with Crippen LogP contribution >= 0.6 is 11.6 Å². The van der Waals surface area contributed by atoms with E-state index in [9.17, 15) is 8.78 Å². The first-order chi connectivity index (χ1) is 9.11. The molecule has 0 aliphatic heterocycles. The Kier molecular flexibility index (Phi) is 4.38. The maximum atomic E-state index is 13.7. The number of rotatable bonds is 4. The molecule has 1 nitrogen and oxygen atoms in total. The van der Waals surface area contributed by atoms with Gasteiger partial charge in [-0.3, -0.25) is 0 Å². The lowest BCUT2D eigenvalue weighted by Crippen LogP contribution is -2.02. The van der Waals surface area contributed by atoms with Gasteiger partial charge in [0.15, 0.2) is 17.4 Å². The molecule has 100 valence electrons. The van der Waals surface area contributed by atoms with E-state index in [1.165, 1.54) is 12.1 Å². The maximum absolute atomic E-state index is 13.7. The molecule has 0 aliphatic rings. The molecule has 0 bridgehead atoms. The minimum absolute atomic E-state index is 0.0614. The first-order valence-corrected chi connectivity index (χ1v) is 6.36. The quantitative estimate of drug-likeness (QED) is 0.745. The highest BCUT2D eigenvalue weighted by Gasteiger charge is 2.13. The van der Waals surface area contributed by atoms with Crippen LogP contribution in [0.2, 0.25) is 0 Å². The summed E-state index contributed by atoms with van der Waals surface area (Å²) in [6.07, 6.45) is 0. The molecule has 0 N–H and O–H groups in total.